The largest absolute Gasteiger partial charge is 0.391 e. The van der Waals surface area contributed by atoms with Crippen LogP contribution >= 0.6 is 11.8 Å². The van der Waals surface area contributed by atoms with Crippen LogP contribution in [0.25, 0.3) is 0 Å². The third kappa shape index (κ3) is 5.67. The molecule has 0 heterocycles. The fourth-order valence-corrected chi connectivity index (χ4v) is 3.46. The van der Waals surface area contributed by atoms with Crippen molar-refractivity contribution in [2.75, 3.05) is 12.3 Å². The molecule has 2 N–H and O–H groups in total. The summed E-state index contributed by atoms with van der Waals surface area (Å²) < 4.78 is 12.7. The van der Waals surface area contributed by atoms with Gasteiger partial charge in [0.25, 0.3) is 0 Å². The Balaban J connectivity index is 1.60. The Bertz CT molecular complexity index is 446. The first-order valence-electron chi connectivity index (χ1n) is 7.48. The van der Waals surface area contributed by atoms with Crippen molar-refractivity contribution in [2.24, 2.45) is 5.92 Å². The van der Waals surface area contributed by atoms with Crippen molar-refractivity contribution in [2.45, 2.75) is 43.1 Å². The molecule has 0 aromatic heterocycles. The monoisotopic (exact) mass is 311 g/mol. The number of thioether (sulfide) groups is 1. The van der Waals surface area contributed by atoms with Crippen LogP contribution in [0.1, 0.15) is 32.1 Å². The molecular formula is C16H22FNO2S. The minimum Gasteiger partial charge on any atom is -0.391 e. The van der Waals surface area contributed by atoms with E-state index in [-0.39, 0.29) is 11.7 Å². The molecule has 116 valence electrons. The van der Waals surface area contributed by atoms with Gasteiger partial charge in [-0.2, -0.15) is 0 Å². The van der Waals surface area contributed by atoms with Gasteiger partial charge in [-0.3, -0.25) is 4.79 Å². The third-order valence-corrected chi connectivity index (χ3v) is 4.88. The van der Waals surface area contributed by atoms with Gasteiger partial charge in [-0.05, 0) is 43.0 Å². The number of amides is 1. The summed E-state index contributed by atoms with van der Waals surface area (Å²) >= 11 is 1.53. The predicted octanol–water partition coefficient (Wildman–Crippen LogP) is 2.98. The standard InChI is InChI=1S/C16H22FNO2S/c17-13-5-7-14(8-6-13)21-10-9-16(20)18-11-15(19)12-3-1-2-4-12/h5-8,12,15,19H,1-4,9-11H2,(H,18,20). The molecule has 2 rings (SSSR count). The Morgan fingerprint density at radius 3 is 2.67 bits per heavy atom. The molecule has 21 heavy (non-hydrogen) atoms. The minimum atomic E-state index is -0.416. The summed E-state index contributed by atoms with van der Waals surface area (Å²) in [7, 11) is 0. The topological polar surface area (TPSA) is 49.3 Å². The van der Waals surface area contributed by atoms with E-state index in [4.69, 9.17) is 0 Å². The van der Waals surface area contributed by atoms with Crippen LogP contribution < -0.4 is 5.32 Å². The molecule has 1 amide bonds. The summed E-state index contributed by atoms with van der Waals surface area (Å²) in [5, 5.41) is 12.8. The molecule has 1 aromatic rings. The quantitative estimate of drug-likeness (QED) is 0.761. The van der Waals surface area contributed by atoms with Crippen LogP contribution in [-0.2, 0) is 4.79 Å². The molecule has 0 aliphatic heterocycles. The number of hydrogen-bond donors (Lipinski definition) is 2. The molecule has 1 unspecified atom stereocenters. The van der Waals surface area contributed by atoms with Crippen molar-refractivity contribution in [1.82, 2.24) is 5.32 Å². The summed E-state index contributed by atoms with van der Waals surface area (Å²) in [6.45, 7) is 0.352. The van der Waals surface area contributed by atoms with Crippen molar-refractivity contribution in [1.29, 1.82) is 0 Å². The van der Waals surface area contributed by atoms with Crippen molar-refractivity contribution in [3.05, 3.63) is 30.1 Å². The molecule has 1 fully saturated rings. The fourth-order valence-electron chi connectivity index (χ4n) is 2.61. The van der Waals surface area contributed by atoms with Gasteiger partial charge >= 0.3 is 0 Å². The third-order valence-electron chi connectivity index (χ3n) is 3.86. The highest BCUT2D eigenvalue weighted by Crippen LogP contribution is 2.27. The van der Waals surface area contributed by atoms with E-state index in [1.165, 1.54) is 36.7 Å². The van der Waals surface area contributed by atoms with E-state index in [1.807, 2.05) is 0 Å². The fraction of sp³-hybridized carbons (Fsp3) is 0.562. The van der Waals surface area contributed by atoms with E-state index in [2.05, 4.69) is 5.32 Å². The second-order valence-corrected chi connectivity index (χ2v) is 6.64. The molecule has 0 bridgehead atoms. The van der Waals surface area contributed by atoms with E-state index in [0.29, 0.717) is 24.6 Å². The van der Waals surface area contributed by atoms with Crippen LogP contribution in [0, 0.1) is 11.7 Å². The Hall–Kier alpha value is -1.07. The summed E-state index contributed by atoms with van der Waals surface area (Å²) in [5.41, 5.74) is 0. The highest BCUT2D eigenvalue weighted by atomic mass is 32.2. The number of aliphatic hydroxyl groups excluding tert-OH is 1. The molecule has 3 nitrogen and oxygen atoms in total. The van der Waals surface area contributed by atoms with Crippen LogP contribution in [0.3, 0.4) is 0 Å². The van der Waals surface area contributed by atoms with Crippen LogP contribution in [0.5, 0.6) is 0 Å². The van der Waals surface area contributed by atoms with Gasteiger partial charge in [0, 0.05) is 23.6 Å². The maximum atomic E-state index is 12.7. The van der Waals surface area contributed by atoms with Crippen LogP contribution in [0.4, 0.5) is 4.39 Å². The van der Waals surface area contributed by atoms with Crippen LogP contribution in [0.2, 0.25) is 0 Å². The zero-order valence-electron chi connectivity index (χ0n) is 12.1. The predicted molar refractivity (Wildman–Crippen MR) is 82.7 cm³/mol. The number of benzene rings is 1. The van der Waals surface area contributed by atoms with Gasteiger partial charge in [0.05, 0.1) is 6.10 Å². The van der Waals surface area contributed by atoms with Crippen molar-refractivity contribution in [3.8, 4) is 0 Å². The molecule has 1 aromatic carbocycles. The van der Waals surface area contributed by atoms with Crippen LogP contribution in [-0.4, -0.2) is 29.4 Å². The van der Waals surface area contributed by atoms with E-state index >= 15 is 0 Å². The molecule has 1 aliphatic carbocycles. The Kier molecular flexibility index (Phi) is 6.51. The van der Waals surface area contributed by atoms with E-state index in [1.54, 1.807) is 12.1 Å². The van der Waals surface area contributed by atoms with Crippen molar-refractivity contribution in [3.63, 3.8) is 0 Å². The Morgan fingerprint density at radius 1 is 1.33 bits per heavy atom. The average molecular weight is 311 g/mol. The first kappa shape index (κ1) is 16.3. The molecule has 5 heteroatoms. The second-order valence-electron chi connectivity index (χ2n) is 5.47. The summed E-state index contributed by atoms with van der Waals surface area (Å²) in [5.74, 6) is 0.704. The van der Waals surface area contributed by atoms with Gasteiger partial charge < -0.3 is 10.4 Å². The molecule has 1 atom stereocenters. The number of carbonyl (C=O) groups excluding carboxylic acids is 1. The zero-order valence-corrected chi connectivity index (χ0v) is 12.9. The SMILES string of the molecule is O=C(CCSc1ccc(F)cc1)NCC(O)C1CCCC1. The van der Waals surface area contributed by atoms with Gasteiger partial charge in [0.2, 0.25) is 5.91 Å². The van der Waals surface area contributed by atoms with E-state index < -0.39 is 6.10 Å². The van der Waals surface area contributed by atoms with Gasteiger partial charge in [-0.1, -0.05) is 12.8 Å². The lowest BCUT2D eigenvalue weighted by molar-refractivity contribution is -0.121. The number of hydrogen-bond acceptors (Lipinski definition) is 3. The van der Waals surface area contributed by atoms with E-state index in [9.17, 15) is 14.3 Å². The van der Waals surface area contributed by atoms with Crippen molar-refractivity contribution < 1.29 is 14.3 Å². The minimum absolute atomic E-state index is 0.0401. The lowest BCUT2D eigenvalue weighted by Gasteiger charge is -2.17. The van der Waals surface area contributed by atoms with Gasteiger partial charge in [0.15, 0.2) is 0 Å². The highest BCUT2D eigenvalue weighted by Gasteiger charge is 2.23. The molecule has 1 aliphatic rings. The Morgan fingerprint density at radius 2 is 2.00 bits per heavy atom. The smallest absolute Gasteiger partial charge is 0.220 e. The number of aliphatic hydroxyl groups is 1. The Labute approximate surface area is 129 Å². The van der Waals surface area contributed by atoms with Gasteiger partial charge in [-0.25, -0.2) is 4.39 Å². The lowest BCUT2D eigenvalue weighted by Crippen LogP contribution is -2.35. The average Bonchev–Trinajstić information content (AvgIpc) is 3.01. The molecular weight excluding hydrogens is 289 g/mol. The first-order chi connectivity index (χ1) is 10.1. The molecule has 0 saturated heterocycles. The normalized spacial score (nSPS) is 16.9. The summed E-state index contributed by atoms with van der Waals surface area (Å²) in [6.07, 6.45) is 4.49. The number of carbonyl (C=O) groups is 1. The first-order valence-corrected chi connectivity index (χ1v) is 8.47. The molecule has 1 saturated carbocycles. The highest BCUT2D eigenvalue weighted by molar-refractivity contribution is 7.99. The number of rotatable bonds is 7. The summed E-state index contributed by atoms with van der Waals surface area (Å²) in [6, 6.07) is 6.25. The number of nitrogens with one attached hydrogen (secondary N) is 1. The second kappa shape index (κ2) is 8.39. The van der Waals surface area contributed by atoms with Crippen molar-refractivity contribution >= 4 is 17.7 Å². The summed E-state index contributed by atoms with van der Waals surface area (Å²) in [4.78, 5) is 12.7. The van der Waals surface area contributed by atoms with Gasteiger partial charge in [0.1, 0.15) is 5.82 Å². The zero-order chi connectivity index (χ0) is 15.1. The molecule has 0 radical (unpaired) electrons. The molecule has 0 spiro atoms. The maximum absolute atomic E-state index is 12.7. The van der Waals surface area contributed by atoms with Gasteiger partial charge in [-0.15, -0.1) is 11.8 Å². The lowest BCUT2D eigenvalue weighted by atomic mass is 10.0. The van der Waals surface area contributed by atoms with Crippen LogP contribution in [0.15, 0.2) is 29.2 Å². The number of halogens is 1. The van der Waals surface area contributed by atoms with E-state index in [0.717, 1.165) is 17.7 Å². The maximum Gasteiger partial charge on any atom is 0.220 e.